The Balaban J connectivity index is 0.00000208. The number of nitrogens with two attached hydrogens (primary N) is 1. The highest BCUT2D eigenvalue weighted by Gasteiger charge is 2.44. The van der Waals surface area contributed by atoms with Gasteiger partial charge in [0.25, 0.3) is 0 Å². The van der Waals surface area contributed by atoms with Crippen molar-refractivity contribution in [3.8, 4) is 0 Å². The van der Waals surface area contributed by atoms with Gasteiger partial charge in [-0.1, -0.05) is 54.6 Å². The molecule has 1 nitrogen and oxygen atoms in total. The molecule has 3 aromatic rings. The van der Waals surface area contributed by atoms with E-state index in [0.717, 1.165) is 19.1 Å². The molecule has 0 heterocycles. The fourth-order valence-electron chi connectivity index (χ4n) is 3.21. The van der Waals surface area contributed by atoms with Gasteiger partial charge >= 0.3 is 0 Å². The average molecular weight is 401 g/mol. The smallest absolute Gasteiger partial charge is 0.112 e. The molecule has 0 aliphatic heterocycles. The van der Waals surface area contributed by atoms with Crippen LogP contribution in [0.5, 0.6) is 0 Å². The minimum Gasteiger partial charge on any atom is -0.330 e. The highest BCUT2D eigenvalue weighted by atomic mass is 79.9. The third-order valence-electron chi connectivity index (χ3n) is 4.29. The third-order valence-corrected chi connectivity index (χ3v) is 8.81. The van der Waals surface area contributed by atoms with E-state index in [0.29, 0.717) is 0 Å². The second kappa shape index (κ2) is 9.13. The van der Waals surface area contributed by atoms with Crippen LogP contribution in [0.2, 0.25) is 0 Å². The van der Waals surface area contributed by atoms with E-state index in [1.807, 2.05) is 0 Å². The molecule has 124 valence electrons. The topological polar surface area (TPSA) is 26.0 Å². The fourth-order valence-corrected chi connectivity index (χ4v) is 7.58. The summed E-state index contributed by atoms with van der Waals surface area (Å²) >= 11 is 0. The van der Waals surface area contributed by atoms with Crippen LogP contribution in [0.4, 0.5) is 0 Å². The standard InChI is InChI=1S/C21H23NP.BrH/c22-17-10-18-23(19-11-4-1-5-12-19,20-13-6-2-7-14-20)21-15-8-3-9-16-21;/h1-9,11-16H,10,17-18,22H2;1H/q+1;. The van der Waals surface area contributed by atoms with Crippen molar-refractivity contribution in [1.82, 2.24) is 0 Å². The largest absolute Gasteiger partial charge is 0.330 e. The Hall–Kier alpha value is -1.47. The Bertz CT molecular complexity index is 620. The zero-order valence-electron chi connectivity index (χ0n) is 13.7. The highest BCUT2D eigenvalue weighted by Crippen LogP contribution is 2.55. The molecule has 3 aromatic carbocycles. The lowest BCUT2D eigenvalue weighted by Crippen LogP contribution is -2.33. The fraction of sp³-hybridized carbons (Fsp3) is 0.143. The highest BCUT2D eigenvalue weighted by molar-refractivity contribution is 8.93. The first kappa shape index (κ1) is 18.9. The molecule has 0 aliphatic carbocycles. The van der Waals surface area contributed by atoms with Gasteiger partial charge in [0.2, 0.25) is 0 Å². The summed E-state index contributed by atoms with van der Waals surface area (Å²) < 4.78 is 0. The predicted molar refractivity (Wildman–Crippen MR) is 114 cm³/mol. The second-order valence-electron chi connectivity index (χ2n) is 5.68. The molecule has 0 bridgehead atoms. The van der Waals surface area contributed by atoms with E-state index < -0.39 is 7.26 Å². The van der Waals surface area contributed by atoms with Gasteiger partial charge in [-0.2, -0.15) is 0 Å². The first-order valence-electron chi connectivity index (χ1n) is 8.13. The molecule has 0 radical (unpaired) electrons. The lowest BCUT2D eigenvalue weighted by molar-refractivity contribution is 0.938. The summed E-state index contributed by atoms with van der Waals surface area (Å²) in [5.74, 6) is 0. The van der Waals surface area contributed by atoms with Crippen molar-refractivity contribution in [3.63, 3.8) is 0 Å². The van der Waals surface area contributed by atoms with Crippen LogP contribution in [0, 0.1) is 0 Å². The first-order chi connectivity index (χ1) is 11.4. The predicted octanol–water partition coefficient (Wildman–Crippen LogP) is 3.91. The van der Waals surface area contributed by atoms with E-state index in [2.05, 4.69) is 91.0 Å². The lowest BCUT2D eigenvalue weighted by Gasteiger charge is -2.27. The monoisotopic (exact) mass is 400 g/mol. The van der Waals surface area contributed by atoms with Gasteiger partial charge in [0.1, 0.15) is 23.2 Å². The van der Waals surface area contributed by atoms with Crippen molar-refractivity contribution in [2.75, 3.05) is 12.7 Å². The van der Waals surface area contributed by atoms with Crippen LogP contribution >= 0.6 is 24.2 Å². The molecule has 0 saturated heterocycles. The van der Waals surface area contributed by atoms with Gasteiger partial charge in [0.05, 0.1) is 6.16 Å². The van der Waals surface area contributed by atoms with E-state index in [1.54, 1.807) is 0 Å². The van der Waals surface area contributed by atoms with Crippen molar-refractivity contribution in [2.45, 2.75) is 6.42 Å². The molecule has 0 saturated carbocycles. The zero-order valence-corrected chi connectivity index (χ0v) is 16.3. The molecule has 0 aliphatic rings. The van der Waals surface area contributed by atoms with Gasteiger partial charge in [-0.3, -0.25) is 0 Å². The summed E-state index contributed by atoms with van der Waals surface area (Å²) in [7, 11) is -1.65. The molecule has 3 heteroatoms. The maximum atomic E-state index is 5.89. The summed E-state index contributed by atoms with van der Waals surface area (Å²) in [5, 5.41) is 4.31. The Kier molecular flexibility index (Phi) is 7.17. The minimum atomic E-state index is -1.65. The van der Waals surface area contributed by atoms with Gasteiger partial charge in [0.15, 0.2) is 0 Å². The van der Waals surface area contributed by atoms with Gasteiger partial charge in [-0.05, 0) is 49.4 Å². The van der Waals surface area contributed by atoms with E-state index in [9.17, 15) is 0 Å². The van der Waals surface area contributed by atoms with Crippen LogP contribution in [0.15, 0.2) is 91.0 Å². The summed E-state index contributed by atoms with van der Waals surface area (Å²) in [5.41, 5.74) is 5.89. The SMILES string of the molecule is Br.NCCC[P+](c1ccccc1)(c1ccccc1)c1ccccc1. The van der Waals surface area contributed by atoms with Crippen LogP contribution < -0.4 is 21.6 Å². The molecule has 0 aromatic heterocycles. The number of rotatable bonds is 6. The minimum absolute atomic E-state index is 0. The van der Waals surface area contributed by atoms with Gasteiger partial charge in [-0.15, -0.1) is 17.0 Å². The third kappa shape index (κ3) is 3.78. The maximum absolute atomic E-state index is 5.89. The molecule has 0 fully saturated rings. The Morgan fingerprint density at radius 1 is 0.583 bits per heavy atom. The molecule has 0 amide bonds. The average Bonchev–Trinajstić information content (AvgIpc) is 2.65. The number of hydrogen-bond acceptors (Lipinski definition) is 1. The van der Waals surface area contributed by atoms with Gasteiger partial charge < -0.3 is 5.73 Å². The number of halogens is 1. The summed E-state index contributed by atoms with van der Waals surface area (Å²) in [6.07, 6.45) is 2.15. The van der Waals surface area contributed by atoms with Gasteiger partial charge in [-0.25, -0.2) is 0 Å². The zero-order chi connectivity index (χ0) is 16.0. The summed E-state index contributed by atoms with van der Waals surface area (Å²) in [4.78, 5) is 0. The molecular weight excluding hydrogens is 377 g/mol. The second-order valence-corrected chi connectivity index (χ2v) is 9.30. The van der Waals surface area contributed by atoms with Crippen LogP contribution in [-0.4, -0.2) is 12.7 Å². The van der Waals surface area contributed by atoms with Crippen LogP contribution in [-0.2, 0) is 0 Å². The molecule has 24 heavy (non-hydrogen) atoms. The lowest BCUT2D eigenvalue weighted by atomic mass is 10.4. The van der Waals surface area contributed by atoms with Crippen molar-refractivity contribution >= 4 is 40.2 Å². The molecular formula is C21H24BrNP+. The van der Waals surface area contributed by atoms with Crippen LogP contribution in [0.3, 0.4) is 0 Å². The quantitative estimate of drug-likeness (QED) is 0.623. The molecule has 3 rings (SSSR count). The maximum Gasteiger partial charge on any atom is 0.112 e. The summed E-state index contributed by atoms with van der Waals surface area (Å²) in [6.45, 7) is 0.730. The number of benzene rings is 3. The van der Waals surface area contributed by atoms with Crippen molar-refractivity contribution < 1.29 is 0 Å². The van der Waals surface area contributed by atoms with Gasteiger partial charge in [0, 0.05) is 0 Å². The Morgan fingerprint density at radius 2 is 0.917 bits per heavy atom. The Labute approximate surface area is 156 Å². The molecule has 0 spiro atoms. The molecule has 0 unspecified atom stereocenters. The van der Waals surface area contributed by atoms with E-state index >= 15 is 0 Å². The van der Waals surface area contributed by atoms with Crippen molar-refractivity contribution in [3.05, 3.63) is 91.0 Å². The molecule has 0 atom stereocenters. The number of hydrogen-bond donors (Lipinski definition) is 1. The first-order valence-corrected chi connectivity index (χ1v) is 10.1. The Morgan fingerprint density at radius 3 is 1.21 bits per heavy atom. The summed E-state index contributed by atoms with van der Waals surface area (Å²) in [6, 6.07) is 32.9. The van der Waals surface area contributed by atoms with Crippen LogP contribution in [0.25, 0.3) is 0 Å². The normalized spacial score (nSPS) is 10.9. The van der Waals surface area contributed by atoms with E-state index in [4.69, 9.17) is 5.73 Å². The van der Waals surface area contributed by atoms with E-state index in [1.165, 1.54) is 15.9 Å². The molecule has 2 N–H and O–H groups in total. The van der Waals surface area contributed by atoms with E-state index in [-0.39, 0.29) is 17.0 Å². The van der Waals surface area contributed by atoms with Crippen molar-refractivity contribution in [1.29, 1.82) is 0 Å². The van der Waals surface area contributed by atoms with Crippen molar-refractivity contribution in [2.24, 2.45) is 5.73 Å². The van der Waals surface area contributed by atoms with Crippen LogP contribution in [0.1, 0.15) is 6.42 Å².